The fraction of sp³-hybridized carbons (Fsp3) is 1.00. The van der Waals surface area contributed by atoms with Crippen molar-refractivity contribution < 1.29 is 0 Å². The lowest BCUT2D eigenvalue weighted by molar-refractivity contribution is 0.272. The highest BCUT2D eigenvalue weighted by molar-refractivity contribution is 4.62. The summed E-state index contributed by atoms with van der Waals surface area (Å²) in [5.41, 5.74) is 11.0. The van der Waals surface area contributed by atoms with Crippen LogP contribution >= 0.6 is 0 Å². The van der Waals surface area contributed by atoms with Gasteiger partial charge in [0.25, 0.3) is 0 Å². The fourth-order valence-corrected chi connectivity index (χ4v) is 2.10. The van der Waals surface area contributed by atoms with Crippen molar-refractivity contribution >= 4 is 0 Å². The standard InChI is InChI=1S/C14H36N6/c1-3-19(11-6-16)12-9-18-10-14-20(4-2)13-8-17-7-5-15/h17-18H,3-16H2,1-2H3. The lowest BCUT2D eigenvalue weighted by Crippen LogP contribution is -2.40. The molecule has 0 rings (SSSR count). The van der Waals surface area contributed by atoms with Gasteiger partial charge < -0.3 is 31.9 Å². The van der Waals surface area contributed by atoms with Crippen molar-refractivity contribution in [1.29, 1.82) is 0 Å². The van der Waals surface area contributed by atoms with Gasteiger partial charge in [-0.05, 0) is 13.1 Å². The van der Waals surface area contributed by atoms with E-state index in [2.05, 4.69) is 34.3 Å². The highest BCUT2D eigenvalue weighted by Crippen LogP contribution is 1.86. The van der Waals surface area contributed by atoms with Gasteiger partial charge in [-0.2, -0.15) is 0 Å². The average Bonchev–Trinajstić information content (AvgIpc) is 2.47. The van der Waals surface area contributed by atoms with Crippen LogP contribution in [-0.4, -0.2) is 88.3 Å². The van der Waals surface area contributed by atoms with Crippen LogP contribution in [0.3, 0.4) is 0 Å². The SMILES string of the molecule is CCN(CCN)CCNCCN(CC)CCNCCN. The molecule has 0 saturated heterocycles. The molecule has 6 N–H and O–H groups in total. The number of nitrogens with two attached hydrogens (primary N) is 2. The number of nitrogens with one attached hydrogen (secondary N) is 2. The largest absolute Gasteiger partial charge is 0.329 e. The van der Waals surface area contributed by atoms with Crippen molar-refractivity contribution in [2.45, 2.75) is 13.8 Å². The molecule has 0 amide bonds. The molecule has 0 saturated carbocycles. The van der Waals surface area contributed by atoms with Gasteiger partial charge in [-0.3, -0.25) is 0 Å². The van der Waals surface area contributed by atoms with Gasteiger partial charge in [-0.25, -0.2) is 0 Å². The van der Waals surface area contributed by atoms with Crippen LogP contribution in [0, 0.1) is 0 Å². The molecule has 0 aromatic heterocycles. The van der Waals surface area contributed by atoms with E-state index in [1.807, 2.05) is 0 Å². The topological polar surface area (TPSA) is 82.6 Å². The van der Waals surface area contributed by atoms with E-state index in [0.717, 1.165) is 72.0 Å². The molecule has 0 fully saturated rings. The molecule has 0 unspecified atom stereocenters. The molecule has 122 valence electrons. The zero-order valence-corrected chi connectivity index (χ0v) is 13.5. The van der Waals surface area contributed by atoms with Crippen LogP contribution in [0.4, 0.5) is 0 Å². The minimum atomic E-state index is 0.713. The Labute approximate surface area is 125 Å². The molecular weight excluding hydrogens is 252 g/mol. The molecule has 0 aliphatic heterocycles. The summed E-state index contributed by atoms with van der Waals surface area (Å²) in [5.74, 6) is 0. The molecule has 0 aliphatic rings. The minimum absolute atomic E-state index is 0.713. The van der Waals surface area contributed by atoms with Crippen molar-refractivity contribution in [3.63, 3.8) is 0 Å². The van der Waals surface area contributed by atoms with Gasteiger partial charge in [0.05, 0.1) is 0 Å². The Morgan fingerprint density at radius 1 is 0.650 bits per heavy atom. The summed E-state index contributed by atoms with van der Waals surface area (Å²) in [6, 6.07) is 0. The second-order valence-electron chi connectivity index (χ2n) is 4.95. The van der Waals surface area contributed by atoms with Gasteiger partial charge in [-0.1, -0.05) is 13.8 Å². The first kappa shape index (κ1) is 19.8. The fourth-order valence-electron chi connectivity index (χ4n) is 2.10. The predicted molar refractivity (Wildman–Crippen MR) is 88.1 cm³/mol. The van der Waals surface area contributed by atoms with Crippen LogP contribution in [0.1, 0.15) is 13.8 Å². The van der Waals surface area contributed by atoms with E-state index in [0.29, 0.717) is 6.54 Å². The molecule has 0 spiro atoms. The Hall–Kier alpha value is -0.240. The van der Waals surface area contributed by atoms with E-state index in [-0.39, 0.29) is 0 Å². The van der Waals surface area contributed by atoms with E-state index in [9.17, 15) is 0 Å². The Kier molecular flexibility index (Phi) is 15.0. The van der Waals surface area contributed by atoms with E-state index >= 15 is 0 Å². The molecule has 0 bridgehead atoms. The zero-order valence-electron chi connectivity index (χ0n) is 13.5. The van der Waals surface area contributed by atoms with Crippen LogP contribution in [0.15, 0.2) is 0 Å². The third kappa shape index (κ3) is 11.6. The maximum Gasteiger partial charge on any atom is 0.0107 e. The first-order chi connectivity index (χ1) is 9.78. The van der Waals surface area contributed by atoms with Crippen LogP contribution in [0.5, 0.6) is 0 Å². The Morgan fingerprint density at radius 2 is 1.10 bits per heavy atom. The van der Waals surface area contributed by atoms with Gasteiger partial charge >= 0.3 is 0 Å². The van der Waals surface area contributed by atoms with Gasteiger partial charge in [0.1, 0.15) is 0 Å². The quantitative estimate of drug-likeness (QED) is 0.281. The number of nitrogens with zero attached hydrogens (tertiary/aromatic N) is 2. The van der Waals surface area contributed by atoms with Crippen molar-refractivity contribution in [1.82, 2.24) is 20.4 Å². The summed E-state index contributed by atoms with van der Waals surface area (Å²) < 4.78 is 0. The molecular formula is C14H36N6. The Balaban J connectivity index is 3.49. The highest BCUT2D eigenvalue weighted by atomic mass is 15.2. The molecule has 0 radical (unpaired) electrons. The smallest absolute Gasteiger partial charge is 0.0107 e. The van der Waals surface area contributed by atoms with Crippen LogP contribution in [-0.2, 0) is 0 Å². The van der Waals surface area contributed by atoms with Crippen LogP contribution in [0.2, 0.25) is 0 Å². The highest BCUT2D eigenvalue weighted by Gasteiger charge is 2.02. The first-order valence-electron chi connectivity index (χ1n) is 8.04. The van der Waals surface area contributed by atoms with Crippen molar-refractivity contribution in [3.8, 4) is 0 Å². The van der Waals surface area contributed by atoms with Gasteiger partial charge in [0.15, 0.2) is 0 Å². The monoisotopic (exact) mass is 288 g/mol. The summed E-state index contributed by atoms with van der Waals surface area (Å²) in [6.07, 6.45) is 0. The van der Waals surface area contributed by atoms with Gasteiger partial charge in [-0.15, -0.1) is 0 Å². The second kappa shape index (κ2) is 15.2. The molecule has 6 nitrogen and oxygen atoms in total. The van der Waals surface area contributed by atoms with Crippen LogP contribution in [0.25, 0.3) is 0 Å². The Morgan fingerprint density at radius 3 is 1.50 bits per heavy atom. The summed E-state index contributed by atoms with van der Waals surface area (Å²) in [6.45, 7) is 16.3. The number of rotatable bonds is 15. The summed E-state index contributed by atoms with van der Waals surface area (Å²) in [4.78, 5) is 4.83. The third-order valence-corrected chi connectivity index (χ3v) is 3.48. The van der Waals surface area contributed by atoms with Gasteiger partial charge in [0.2, 0.25) is 0 Å². The lowest BCUT2D eigenvalue weighted by atomic mass is 10.4. The zero-order chi connectivity index (χ0) is 15.1. The molecule has 0 aliphatic carbocycles. The molecule has 20 heavy (non-hydrogen) atoms. The number of hydrogen-bond donors (Lipinski definition) is 4. The molecule has 0 heterocycles. The van der Waals surface area contributed by atoms with E-state index < -0.39 is 0 Å². The molecule has 6 heteroatoms. The lowest BCUT2D eigenvalue weighted by Gasteiger charge is -2.22. The van der Waals surface area contributed by atoms with Crippen LogP contribution < -0.4 is 22.1 Å². The maximum absolute atomic E-state index is 5.58. The predicted octanol–water partition coefficient (Wildman–Crippen LogP) is -1.27. The summed E-state index contributed by atoms with van der Waals surface area (Å²) >= 11 is 0. The second-order valence-corrected chi connectivity index (χ2v) is 4.95. The first-order valence-corrected chi connectivity index (χ1v) is 8.04. The van der Waals surface area contributed by atoms with E-state index in [4.69, 9.17) is 11.5 Å². The third-order valence-electron chi connectivity index (χ3n) is 3.48. The van der Waals surface area contributed by atoms with Crippen molar-refractivity contribution in [2.75, 3.05) is 78.5 Å². The van der Waals surface area contributed by atoms with E-state index in [1.165, 1.54) is 0 Å². The summed E-state index contributed by atoms with van der Waals surface area (Å²) in [7, 11) is 0. The van der Waals surface area contributed by atoms with Crippen molar-refractivity contribution in [3.05, 3.63) is 0 Å². The normalized spacial score (nSPS) is 11.7. The molecule has 0 atom stereocenters. The molecule has 0 aromatic carbocycles. The molecule has 0 aromatic rings. The maximum atomic E-state index is 5.58. The average molecular weight is 288 g/mol. The summed E-state index contributed by atoms with van der Waals surface area (Å²) in [5, 5.41) is 6.84. The Bertz CT molecular complexity index is 191. The van der Waals surface area contributed by atoms with Gasteiger partial charge in [0, 0.05) is 65.4 Å². The number of likely N-dealkylation sites (N-methyl/N-ethyl adjacent to an activating group) is 2. The van der Waals surface area contributed by atoms with E-state index in [1.54, 1.807) is 0 Å². The minimum Gasteiger partial charge on any atom is -0.329 e. The van der Waals surface area contributed by atoms with Crippen molar-refractivity contribution in [2.24, 2.45) is 11.5 Å². The number of hydrogen-bond acceptors (Lipinski definition) is 6.